The van der Waals surface area contributed by atoms with Crippen molar-refractivity contribution in [1.29, 1.82) is 0 Å². The molecule has 5 nitrogen and oxygen atoms in total. The van der Waals surface area contributed by atoms with Crippen LogP contribution in [0.3, 0.4) is 0 Å². The van der Waals surface area contributed by atoms with Crippen molar-refractivity contribution in [1.82, 2.24) is 14.5 Å². The Kier molecular flexibility index (Phi) is 5.63. The highest BCUT2D eigenvalue weighted by atomic mass is 19.1. The summed E-state index contributed by atoms with van der Waals surface area (Å²) in [6.07, 6.45) is 3.13. The van der Waals surface area contributed by atoms with Crippen molar-refractivity contribution < 1.29 is 4.39 Å². The lowest BCUT2D eigenvalue weighted by molar-refractivity contribution is 0.171. The Morgan fingerprint density at radius 1 is 1.32 bits per heavy atom. The molecule has 0 aliphatic carbocycles. The van der Waals surface area contributed by atoms with Crippen LogP contribution in [0.2, 0.25) is 0 Å². The molecular formula is C16H23FN4O. The van der Waals surface area contributed by atoms with Gasteiger partial charge in [0.2, 0.25) is 0 Å². The summed E-state index contributed by atoms with van der Waals surface area (Å²) in [5, 5.41) is 0. The zero-order chi connectivity index (χ0) is 16.1. The summed E-state index contributed by atoms with van der Waals surface area (Å²) in [6, 6.07) is 4.55. The maximum absolute atomic E-state index is 13.4. The minimum absolute atomic E-state index is 0.210. The zero-order valence-electron chi connectivity index (χ0n) is 13.1. The molecule has 1 aliphatic rings. The number of nitrogens with two attached hydrogens (primary N) is 1. The Balaban J connectivity index is 0.000000847. The van der Waals surface area contributed by atoms with Crippen molar-refractivity contribution in [2.45, 2.75) is 39.4 Å². The minimum atomic E-state index is -0.362. The Hall–Kier alpha value is -1.79. The molecule has 1 aromatic carbocycles. The van der Waals surface area contributed by atoms with Gasteiger partial charge in [-0.15, -0.1) is 0 Å². The van der Waals surface area contributed by atoms with Crippen LogP contribution in [0.15, 0.2) is 29.2 Å². The van der Waals surface area contributed by atoms with Gasteiger partial charge >= 0.3 is 0 Å². The van der Waals surface area contributed by atoms with Gasteiger partial charge < -0.3 is 5.73 Å². The minimum Gasteiger partial charge on any atom is -0.328 e. The van der Waals surface area contributed by atoms with E-state index in [4.69, 9.17) is 5.73 Å². The Labute approximate surface area is 129 Å². The summed E-state index contributed by atoms with van der Waals surface area (Å²) < 4.78 is 15.0. The lowest BCUT2D eigenvalue weighted by Gasteiger charge is -2.30. The maximum atomic E-state index is 13.4. The molecule has 2 N–H and O–H groups in total. The molecule has 0 spiro atoms. The van der Waals surface area contributed by atoms with Crippen LogP contribution < -0.4 is 11.3 Å². The first-order valence-electron chi connectivity index (χ1n) is 7.76. The molecule has 22 heavy (non-hydrogen) atoms. The lowest BCUT2D eigenvalue weighted by atomic mass is 10.1. The predicted molar refractivity (Wildman–Crippen MR) is 86.1 cm³/mol. The molecule has 120 valence electrons. The van der Waals surface area contributed by atoms with Gasteiger partial charge in [-0.1, -0.05) is 13.8 Å². The van der Waals surface area contributed by atoms with Gasteiger partial charge in [-0.25, -0.2) is 9.37 Å². The van der Waals surface area contributed by atoms with Crippen LogP contribution >= 0.6 is 0 Å². The molecule has 0 atom stereocenters. The molecule has 0 amide bonds. The summed E-state index contributed by atoms with van der Waals surface area (Å²) in [5.41, 5.74) is 6.82. The van der Waals surface area contributed by atoms with E-state index in [2.05, 4.69) is 9.88 Å². The Bertz CT molecular complexity index is 677. The molecule has 2 aromatic rings. The van der Waals surface area contributed by atoms with Crippen LogP contribution in [0.4, 0.5) is 4.39 Å². The molecule has 1 saturated heterocycles. The summed E-state index contributed by atoms with van der Waals surface area (Å²) in [5.74, 6) is -0.362. The number of nitrogens with zero attached hydrogens (tertiary/aromatic N) is 3. The van der Waals surface area contributed by atoms with E-state index < -0.39 is 0 Å². The molecule has 0 radical (unpaired) electrons. The van der Waals surface area contributed by atoms with Crippen molar-refractivity contribution in [3.63, 3.8) is 0 Å². The second kappa shape index (κ2) is 7.47. The van der Waals surface area contributed by atoms with E-state index in [0.717, 1.165) is 25.9 Å². The van der Waals surface area contributed by atoms with Crippen molar-refractivity contribution in [3.05, 3.63) is 40.6 Å². The normalized spacial score (nSPS) is 16.4. The third kappa shape index (κ3) is 3.69. The third-order valence-electron chi connectivity index (χ3n) is 3.78. The molecule has 1 aliphatic heterocycles. The number of likely N-dealkylation sites (tertiary alicyclic amines) is 1. The first-order chi connectivity index (χ1) is 10.6. The number of piperidine rings is 1. The number of hydrogen-bond acceptors (Lipinski definition) is 4. The van der Waals surface area contributed by atoms with Gasteiger partial charge in [0.1, 0.15) is 5.82 Å². The van der Waals surface area contributed by atoms with E-state index in [1.807, 2.05) is 13.8 Å². The van der Waals surface area contributed by atoms with Gasteiger partial charge in [0.15, 0.2) is 0 Å². The highest BCUT2D eigenvalue weighted by Crippen LogP contribution is 2.14. The Morgan fingerprint density at radius 3 is 2.68 bits per heavy atom. The maximum Gasteiger partial charge on any atom is 0.270 e. The van der Waals surface area contributed by atoms with Crippen molar-refractivity contribution in [2.24, 2.45) is 5.73 Å². The standard InChI is InChI=1S/C14H17FN4O.C2H6/c15-10-1-2-12-13(7-10)19(14(20)8-17-12)9-18-5-3-11(16)4-6-18;1-2/h1-2,7-8,11H,3-6,9,16H2;1-2H3. The highest BCUT2D eigenvalue weighted by molar-refractivity contribution is 5.74. The molecule has 6 heteroatoms. The van der Waals surface area contributed by atoms with E-state index in [0.29, 0.717) is 17.7 Å². The van der Waals surface area contributed by atoms with Gasteiger partial charge in [-0.3, -0.25) is 14.3 Å². The van der Waals surface area contributed by atoms with Crippen LogP contribution in [0, 0.1) is 5.82 Å². The van der Waals surface area contributed by atoms with Crippen LogP contribution in [0.1, 0.15) is 26.7 Å². The number of benzene rings is 1. The lowest BCUT2D eigenvalue weighted by Crippen LogP contribution is -2.42. The topological polar surface area (TPSA) is 64.2 Å². The van der Waals surface area contributed by atoms with Gasteiger partial charge in [-0.2, -0.15) is 0 Å². The van der Waals surface area contributed by atoms with E-state index >= 15 is 0 Å². The largest absolute Gasteiger partial charge is 0.328 e. The smallest absolute Gasteiger partial charge is 0.270 e. The number of aromatic nitrogens is 2. The zero-order valence-corrected chi connectivity index (χ0v) is 13.1. The summed E-state index contributed by atoms with van der Waals surface area (Å²) >= 11 is 0. The first kappa shape index (κ1) is 16.6. The first-order valence-corrected chi connectivity index (χ1v) is 7.76. The van der Waals surface area contributed by atoms with E-state index in [1.54, 1.807) is 10.6 Å². The molecule has 0 unspecified atom stereocenters. The van der Waals surface area contributed by atoms with Crippen molar-refractivity contribution in [3.8, 4) is 0 Å². The molecule has 1 fully saturated rings. The van der Waals surface area contributed by atoms with Gasteiger partial charge in [0.25, 0.3) is 5.56 Å². The molecule has 3 rings (SSSR count). The number of rotatable bonds is 2. The van der Waals surface area contributed by atoms with Crippen molar-refractivity contribution >= 4 is 11.0 Å². The van der Waals surface area contributed by atoms with E-state index in [-0.39, 0.29) is 17.4 Å². The summed E-state index contributed by atoms with van der Waals surface area (Å²) in [6.45, 7) is 6.16. The number of halogens is 1. The van der Waals surface area contributed by atoms with Gasteiger partial charge in [0, 0.05) is 19.1 Å². The highest BCUT2D eigenvalue weighted by Gasteiger charge is 2.17. The molecule has 1 aromatic heterocycles. The molecular weight excluding hydrogens is 283 g/mol. The average molecular weight is 306 g/mol. The number of hydrogen-bond donors (Lipinski definition) is 1. The second-order valence-corrected chi connectivity index (χ2v) is 5.25. The fourth-order valence-electron chi connectivity index (χ4n) is 2.58. The monoisotopic (exact) mass is 306 g/mol. The Morgan fingerprint density at radius 2 is 2.00 bits per heavy atom. The van der Waals surface area contributed by atoms with Gasteiger partial charge in [-0.05, 0) is 31.0 Å². The predicted octanol–water partition coefficient (Wildman–Crippen LogP) is 1.94. The fourth-order valence-corrected chi connectivity index (χ4v) is 2.58. The quantitative estimate of drug-likeness (QED) is 0.921. The van der Waals surface area contributed by atoms with Crippen LogP contribution in [0.5, 0.6) is 0 Å². The molecule has 2 heterocycles. The van der Waals surface area contributed by atoms with Crippen LogP contribution in [-0.2, 0) is 6.67 Å². The summed E-state index contributed by atoms with van der Waals surface area (Å²) in [7, 11) is 0. The van der Waals surface area contributed by atoms with Crippen molar-refractivity contribution in [2.75, 3.05) is 13.1 Å². The number of fused-ring (bicyclic) bond motifs is 1. The average Bonchev–Trinajstić information content (AvgIpc) is 2.54. The summed E-state index contributed by atoms with van der Waals surface area (Å²) in [4.78, 5) is 18.2. The van der Waals surface area contributed by atoms with Crippen LogP contribution in [0.25, 0.3) is 11.0 Å². The SMILES string of the molecule is CC.NC1CCN(Cn2c(=O)cnc3ccc(F)cc32)CC1. The molecule has 0 saturated carbocycles. The van der Waals surface area contributed by atoms with Gasteiger partial charge in [0.05, 0.1) is 23.9 Å². The van der Waals surface area contributed by atoms with E-state index in [9.17, 15) is 9.18 Å². The fraction of sp³-hybridized carbons (Fsp3) is 0.500. The second-order valence-electron chi connectivity index (χ2n) is 5.25. The van der Waals surface area contributed by atoms with Crippen LogP contribution in [-0.4, -0.2) is 33.6 Å². The third-order valence-corrected chi connectivity index (χ3v) is 3.78. The molecule has 0 bridgehead atoms. The van der Waals surface area contributed by atoms with E-state index in [1.165, 1.54) is 18.3 Å².